The molecule has 4 rings (SSSR count). The molecule has 1 aliphatic carbocycles. The second-order valence-corrected chi connectivity index (χ2v) is 8.75. The van der Waals surface area contributed by atoms with Gasteiger partial charge in [-0.1, -0.05) is 49.1 Å². The quantitative estimate of drug-likeness (QED) is 0.640. The van der Waals surface area contributed by atoms with E-state index in [9.17, 15) is 14.4 Å². The monoisotopic (exact) mass is 451 g/mol. The Bertz CT molecular complexity index is 1120. The summed E-state index contributed by atoms with van der Waals surface area (Å²) in [5, 5.41) is 5.87. The standard InChI is InChI=1S/C25H26ClN3O3/c1-15-8-6-13-20(16(15)2)29-24(31)21(26)22(25(29)32)27-19-12-7-9-17(14-19)23(30)28-18-10-4-3-5-11-18/h6-9,12-14,18,27H,3-5,10-11H2,1-2H3,(H,28,30). The van der Waals surface area contributed by atoms with Crippen molar-refractivity contribution in [2.75, 3.05) is 10.2 Å². The van der Waals surface area contributed by atoms with Gasteiger partial charge in [0.1, 0.15) is 10.7 Å². The first kappa shape index (κ1) is 22.1. The van der Waals surface area contributed by atoms with Crippen LogP contribution in [0.3, 0.4) is 0 Å². The molecule has 6 nitrogen and oxygen atoms in total. The normalized spacial score (nSPS) is 17.2. The molecule has 0 atom stereocenters. The van der Waals surface area contributed by atoms with E-state index in [1.54, 1.807) is 36.4 Å². The van der Waals surface area contributed by atoms with Crippen molar-refractivity contribution in [3.63, 3.8) is 0 Å². The number of nitrogens with one attached hydrogen (secondary N) is 2. The number of carbonyl (C=O) groups excluding carboxylic acids is 3. The topological polar surface area (TPSA) is 78.5 Å². The maximum atomic E-state index is 13.1. The van der Waals surface area contributed by atoms with Crippen LogP contribution < -0.4 is 15.5 Å². The molecule has 1 fully saturated rings. The first-order chi connectivity index (χ1) is 15.4. The van der Waals surface area contributed by atoms with Crippen molar-refractivity contribution in [3.8, 4) is 0 Å². The van der Waals surface area contributed by atoms with E-state index in [0.29, 0.717) is 16.9 Å². The van der Waals surface area contributed by atoms with Gasteiger partial charge >= 0.3 is 0 Å². The van der Waals surface area contributed by atoms with Gasteiger partial charge in [-0.15, -0.1) is 0 Å². The van der Waals surface area contributed by atoms with Gasteiger partial charge in [0, 0.05) is 17.3 Å². The molecule has 1 aliphatic heterocycles. The zero-order valence-corrected chi connectivity index (χ0v) is 19.0. The van der Waals surface area contributed by atoms with Gasteiger partial charge in [-0.3, -0.25) is 14.4 Å². The van der Waals surface area contributed by atoms with Gasteiger partial charge in [-0.2, -0.15) is 0 Å². The molecule has 1 heterocycles. The highest BCUT2D eigenvalue weighted by Gasteiger charge is 2.39. The van der Waals surface area contributed by atoms with E-state index in [0.717, 1.165) is 41.7 Å². The van der Waals surface area contributed by atoms with Gasteiger partial charge in [0.25, 0.3) is 17.7 Å². The summed E-state index contributed by atoms with van der Waals surface area (Å²) in [6, 6.07) is 12.5. The predicted octanol–water partition coefficient (Wildman–Crippen LogP) is 4.80. The number of anilines is 2. The summed E-state index contributed by atoms with van der Waals surface area (Å²) in [6.45, 7) is 3.78. The molecule has 32 heavy (non-hydrogen) atoms. The van der Waals surface area contributed by atoms with E-state index in [-0.39, 0.29) is 22.7 Å². The van der Waals surface area contributed by atoms with E-state index in [4.69, 9.17) is 11.6 Å². The Hall–Kier alpha value is -3.12. The molecule has 2 aliphatic rings. The number of hydrogen-bond donors (Lipinski definition) is 2. The van der Waals surface area contributed by atoms with Gasteiger partial charge in [0.2, 0.25) is 0 Å². The molecule has 0 unspecified atom stereocenters. The highest BCUT2D eigenvalue weighted by atomic mass is 35.5. The Balaban J connectivity index is 1.53. The largest absolute Gasteiger partial charge is 0.350 e. The highest BCUT2D eigenvalue weighted by molar-refractivity contribution is 6.53. The third-order valence-corrected chi connectivity index (χ3v) is 6.53. The molecule has 0 saturated heterocycles. The fourth-order valence-corrected chi connectivity index (χ4v) is 4.42. The van der Waals surface area contributed by atoms with Crippen LogP contribution in [0.15, 0.2) is 53.2 Å². The van der Waals surface area contributed by atoms with Gasteiger partial charge in [-0.25, -0.2) is 4.90 Å². The summed E-state index contributed by atoms with van der Waals surface area (Å²) in [4.78, 5) is 39.7. The molecule has 1 saturated carbocycles. The van der Waals surface area contributed by atoms with Crippen molar-refractivity contribution in [1.29, 1.82) is 0 Å². The molecule has 2 N–H and O–H groups in total. The van der Waals surface area contributed by atoms with Crippen LogP contribution in [-0.2, 0) is 9.59 Å². The minimum Gasteiger partial charge on any atom is -0.350 e. The van der Waals surface area contributed by atoms with E-state index in [1.165, 1.54) is 6.42 Å². The molecule has 2 aromatic carbocycles. The summed E-state index contributed by atoms with van der Waals surface area (Å²) < 4.78 is 0. The molecule has 0 bridgehead atoms. The Morgan fingerprint density at radius 1 is 1.00 bits per heavy atom. The first-order valence-electron chi connectivity index (χ1n) is 10.9. The summed E-state index contributed by atoms with van der Waals surface area (Å²) in [5.74, 6) is -1.24. The highest BCUT2D eigenvalue weighted by Crippen LogP contribution is 2.33. The SMILES string of the molecule is Cc1cccc(N2C(=O)C(Cl)=C(Nc3cccc(C(=O)NC4CCCCC4)c3)C2=O)c1C. The number of benzene rings is 2. The molecular formula is C25H26ClN3O3. The first-order valence-corrected chi connectivity index (χ1v) is 11.3. The fraction of sp³-hybridized carbons (Fsp3) is 0.320. The maximum absolute atomic E-state index is 13.1. The molecule has 2 aromatic rings. The van der Waals surface area contributed by atoms with Gasteiger partial charge in [-0.05, 0) is 62.1 Å². The minimum atomic E-state index is -0.570. The molecule has 0 radical (unpaired) electrons. The molecule has 7 heteroatoms. The Morgan fingerprint density at radius 2 is 1.72 bits per heavy atom. The molecule has 0 spiro atoms. The minimum absolute atomic E-state index is 0.00223. The third-order valence-electron chi connectivity index (χ3n) is 6.18. The van der Waals surface area contributed by atoms with Crippen LogP contribution in [0.5, 0.6) is 0 Å². The summed E-state index contributed by atoms with van der Waals surface area (Å²) >= 11 is 6.27. The number of rotatable bonds is 5. The number of hydrogen-bond acceptors (Lipinski definition) is 4. The smallest absolute Gasteiger partial charge is 0.283 e. The lowest BCUT2D eigenvalue weighted by molar-refractivity contribution is -0.120. The number of nitrogens with zero attached hydrogens (tertiary/aromatic N) is 1. The van der Waals surface area contributed by atoms with Gasteiger partial charge in [0.15, 0.2) is 0 Å². The maximum Gasteiger partial charge on any atom is 0.283 e. The predicted molar refractivity (Wildman–Crippen MR) is 126 cm³/mol. The third kappa shape index (κ3) is 4.28. The van der Waals surface area contributed by atoms with Crippen LogP contribution in [0.25, 0.3) is 0 Å². The molecule has 166 valence electrons. The zero-order valence-electron chi connectivity index (χ0n) is 18.2. The van der Waals surface area contributed by atoms with Crippen LogP contribution >= 0.6 is 11.6 Å². The van der Waals surface area contributed by atoms with Crippen molar-refractivity contribution in [2.45, 2.75) is 52.0 Å². The molecule has 0 aromatic heterocycles. The number of carbonyl (C=O) groups is 3. The van der Waals surface area contributed by atoms with Crippen LogP contribution in [0, 0.1) is 13.8 Å². The van der Waals surface area contributed by atoms with Crippen molar-refractivity contribution >= 4 is 40.7 Å². The second-order valence-electron chi connectivity index (χ2n) is 8.37. The lowest BCUT2D eigenvalue weighted by atomic mass is 9.95. The van der Waals surface area contributed by atoms with Crippen LogP contribution in [0.1, 0.15) is 53.6 Å². The lowest BCUT2D eigenvalue weighted by Crippen LogP contribution is -2.36. The summed E-state index contributed by atoms with van der Waals surface area (Å²) in [7, 11) is 0. The summed E-state index contributed by atoms with van der Waals surface area (Å²) in [5.41, 5.74) is 3.32. The van der Waals surface area contributed by atoms with Crippen LogP contribution in [-0.4, -0.2) is 23.8 Å². The van der Waals surface area contributed by atoms with Gasteiger partial charge in [0.05, 0.1) is 5.69 Å². The van der Waals surface area contributed by atoms with Crippen LogP contribution in [0.4, 0.5) is 11.4 Å². The van der Waals surface area contributed by atoms with E-state index < -0.39 is 11.8 Å². The van der Waals surface area contributed by atoms with Gasteiger partial charge < -0.3 is 10.6 Å². The Morgan fingerprint density at radius 3 is 2.47 bits per heavy atom. The average molecular weight is 452 g/mol. The molecule has 3 amide bonds. The lowest BCUT2D eigenvalue weighted by Gasteiger charge is -2.22. The number of aryl methyl sites for hydroxylation is 1. The van der Waals surface area contributed by atoms with Crippen molar-refractivity contribution in [1.82, 2.24) is 5.32 Å². The number of amides is 3. The van der Waals surface area contributed by atoms with Crippen molar-refractivity contribution in [3.05, 3.63) is 69.9 Å². The zero-order chi connectivity index (χ0) is 22.8. The molecular weight excluding hydrogens is 426 g/mol. The number of imide groups is 1. The van der Waals surface area contributed by atoms with Crippen molar-refractivity contribution < 1.29 is 14.4 Å². The summed E-state index contributed by atoms with van der Waals surface area (Å²) in [6.07, 6.45) is 5.47. The Labute approximate surface area is 192 Å². The van der Waals surface area contributed by atoms with E-state index in [2.05, 4.69) is 10.6 Å². The van der Waals surface area contributed by atoms with Crippen molar-refractivity contribution in [2.24, 2.45) is 0 Å². The van der Waals surface area contributed by atoms with Crippen LogP contribution in [0.2, 0.25) is 0 Å². The van der Waals surface area contributed by atoms with E-state index in [1.807, 2.05) is 19.9 Å². The number of halogens is 1. The Kier molecular flexibility index (Phi) is 6.33. The average Bonchev–Trinajstić information content (AvgIpc) is 3.00. The fourth-order valence-electron chi connectivity index (χ4n) is 4.21. The second kappa shape index (κ2) is 9.17. The van der Waals surface area contributed by atoms with E-state index >= 15 is 0 Å².